The lowest BCUT2D eigenvalue weighted by atomic mass is 10.1. The number of amides is 1. The fourth-order valence-electron chi connectivity index (χ4n) is 2.39. The Labute approximate surface area is 118 Å². The van der Waals surface area contributed by atoms with Gasteiger partial charge in [0, 0.05) is 12.6 Å². The molecule has 1 heterocycles. The fourth-order valence-corrected chi connectivity index (χ4v) is 2.39. The molecule has 1 aliphatic rings. The molecule has 20 heavy (non-hydrogen) atoms. The lowest BCUT2D eigenvalue weighted by Gasteiger charge is -2.07. The molecule has 0 aromatic heterocycles. The van der Waals surface area contributed by atoms with Crippen LogP contribution in [0.3, 0.4) is 0 Å². The molecule has 2 aromatic carbocycles. The van der Waals surface area contributed by atoms with Crippen LogP contribution in [0.2, 0.25) is 0 Å². The summed E-state index contributed by atoms with van der Waals surface area (Å²) in [5.41, 5.74) is 4.42. The van der Waals surface area contributed by atoms with Crippen molar-refractivity contribution in [2.45, 2.75) is 13.3 Å². The minimum absolute atomic E-state index is 0.0502. The third kappa shape index (κ3) is 2.01. The van der Waals surface area contributed by atoms with Crippen molar-refractivity contribution in [1.29, 1.82) is 0 Å². The van der Waals surface area contributed by atoms with Crippen LogP contribution >= 0.6 is 0 Å². The van der Waals surface area contributed by atoms with Crippen molar-refractivity contribution in [3.05, 3.63) is 59.7 Å². The van der Waals surface area contributed by atoms with Crippen LogP contribution in [0.5, 0.6) is 0 Å². The van der Waals surface area contributed by atoms with Gasteiger partial charge in [-0.3, -0.25) is 4.79 Å². The number of hydrogen-bond donors (Lipinski definition) is 0. The highest BCUT2D eigenvalue weighted by molar-refractivity contribution is 6.54. The van der Waals surface area contributed by atoms with Crippen LogP contribution in [0.1, 0.15) is 18.1 Å². The number of hydrogen-bond acceptors (Lipinski definition) is 2. The van der Waals surface area contributed by atoms with Crippen LogP contribution in [0, 0.1) is 0 Å². The lowest BCUT2D eigenvalue weighted by Crippen LogP contribution is -2.25. The third-order valence-corrected chi connectivity index (χ3v) is 3.61. The minimum Gasteiger partial charge on any atom is -0.309 e. The van der Waals surface area contributed by atoms with Gasteiger partial charge in [0.15, 0.2) is 0 Å². The molecule has 0 aliphatic carbocycles. The number of carbonyl (C=O) groups is 1. The first-order valence-electron chi connectivity index (χ1n) is 6.76. The topological polar surface area (TPSA) is 32.7 Å². The predicted octanol–water partition coefficient (Wildman–Crippen LogP) is 3.35. The maximum atomic E-state index is 12.3. The Hall–Kier alpha value is -2.42. The van der Waals surface area contributed by atoms with E-state index in [1.807, 2.05) is 36.4 Å². The highest BCUT2D eigenvalue weighted by Crippen LogP contribution is 2.29. The Bertz CT molecular complexity index is 686. The average molecular weight is 264 g/mol. The number of rotatable bonds is 2. The van der Waals surface area contributed by atoms with E-state index in [1.165, 1.54) is 5.56 Å². The summed E-state index contributed by atoms with van der Waals surface area (Å²) in [5, 5.41) is 0. The first-order chi connectivity index (χ1) is 9.70. The second-order valence-corrected chi connectivity index (χ2v) is 4.86. The van der Waals surface area contributed by atoms with Gasteiger partial charge in [0.1, 0.15) is 5.71 Å². The molecule has 3 heteroatoms. The van der Waals surface area contributed by atoms with Gasteiger partial charge in [0.05, 0.1) is 11.4 Å². The second-order valence-electron chi connectivity index (χ2n) is 4.86. The largest absolute Gasteiger partial charge is 0.309 e. The fraction of sp³-hybridized carbons (Fsp3) is 0.176. The van der Waals surface area contributed by atoms with Crippen molar-refractivity contribution in [3.8, 4) is 0 Å². The van der Waals surface area contributed by atoms with Crippen LogP contribution in [-0.2, 0) is 11.2 Å². The molecule has 3 nitrogen and oxygen atoms in total. The van der Waals surface area contributed by atoms with Gasteiger partial charge in [-0.05, 0) is 30.2 Å². The van der Waals surface area contributed by atoms with E-state index in [-0.39, 0.29) is 5.91 Å². The number of benzene rings is 2. The lowest BCUT2D eigenvalue weighted by molar-refractivity contribution is -0.111. The molecule has 2 aromatic rings. The van der Waals surface area contributed by atoms with Gasteiger partial charge in [0.25, 0.3) is 5.91 Å². The number of aryl methyl sites for hydroxylation is 1. The Balaban J connectivity index is 2.04. The maximum absolute atomic E-state index is 12.3. The number of aliphatic imine (C=N–C) groups is 1. The van der Waals surface area contributed by atoms with Crippen LogP contribution in [0.15, 0.2) is 53.5 Å². The van der Waals surface area contributed by atoms with E-state index in [0.29, 0.717) is 5.71 Å². The van der Waals surface area contributed by atoms with Gasteiger partial charge >= 0.3 is 0 Å². The zero-order valence-electron chi connectivity index (χ0n) is 11.6. The molecule has 0 spiro atoms. The SMILES string of the molecule is CCc1ccc(N=C2C(=O)N(C)c3ccccc32)cc1. The monoisotopic (exact) mass is 264 g/mol. The number of likely N-dealkylation sites (N-methyl/N-ethyl adjacent to an activating group) is 1. The molecule has 1 amide bonds. The maximum Gasteiger partial charge on any atom is 0.277 e. The molecule has 0 radical (unpaired) electrons. The molecule has 100 valence electrons. The molecular weight excluding hydrogens is 248 g/mol. The van der Waals surface area contributed by atoms with Crippen LogP contribution in [-0.4, -0.2) is 18.7 Å². The zero-order valence-corrected chi connectivity index (χ0v) is 11.6. The van der Waals surface area contributed by atoms with E-state index >= 15 is 0 Å². The minimum atomic E-state index is -0.0502. The standard InChI is InChI=1S/C17H16N2O/c1-3-12-8-10-13(11-9-12)18-16-14-6-4-5-7-15(14)19(2)17(16)20/h4-11H,3H2,1-2H3. The molecule has 1 aliphatic heterocycles. The Morgan fingerprint density at radius 3 is 2.45 bits per heavy atom. The van der Waals surface area contributed by atoms with Crippen molar-refractivity contribution in [2.24, 2.45) is 4.99 Å². The van der Waals surface area contributed by atoms with Crippen molar-refractivity contribution >= 4 is 23.0 Å². The van der Waals surface area contributed by atoms with E-state index in [0.717, 1.165) is 23.4 Å². The predicted molar refractivity (Wildman–Crippen MR) is 81.9 cm³/mol. The molecule has 0 N–H and O–H groups in total. The zero-order chi connectivity index (χ0) is 14.1. The molecule has 3 rings (SSSR count). The van der Waals surface area contributed by atoms with E-state index in [2.05, 4.69) is 24.0 Å². The summed E-state index contributed by atoms with van der Waals surface area (Å²) in [4.78, 5) is 18.5. The van der Waals surface area contributed by atoms with Gasteiger partial charge in [-0.2, -0.15) is 0 Å². The van der Waals surface area contributed by atoms with Crippen molar-refractivity contribution in [1.82, 2.24) is 0 Å². The Morgan fingerprint density at radius 2 is 1.75 bits per heavy atom. The number of anilines is 1. The highest BCUT2D eigenvalue weighted by Gasteiger charge is 2.30. The summed E-state index contributed by atoms with van der Waals surface area (Å²) in [7, 11) is 1.78. The molecule has 0 atom stereocenters. The summed E-state index contributed by atoms with van der Waals surface area (Å²) in [6.07, 6.45) is 1.00. The summed E-state index contributed by atoms with van der Waals surface area (Å²) in [6.45, 7) is 2.12. The number of nitrogens with zero attached hydrogens (tertiary/aromatic N) is 2. The molecule has 0 bridgehead atoms. The number of para-hydroxylation sites is 1. The van der Waals surface area contributed by atoms with Crippen molar-refractivity contribution in [2.75, 3.05) is 11.9 Å². The Kier molecular flexibility index (Phi) is 3.11. The van der Waals surface area contributed by atoms with Crippen LogP contribution in [0.25, 0.3) is 0 Å². The molecular formula is C17H16N2O. The first kappa shape index (κ1) is 12.6. The normalized spacial score (nSPS) is 15.8. The van der Waals surface area contributed by atoms with E-state index in [1.54, 1.807) is 11.9 Å². The Morgan fingerprint density at radius 1 is 1.05 bits per heavy atom. The van der Waals surface area contributed by atoms with E-state index < -0.39 is 0 Å². The van der Waals surface area contributed by atoms with Crippen molar-refractivity contribution in [3.63, 3.8) is 0 Å². The summed E-state index contributed by atoms with van der Waals surface area (Å²) in [6, 6.07) is 15.8. The van der Waals surface area contributed by atoms with Crippen LogP contribution in [0.4, 0.5) is 11.4 Å². The quantitative estimate of drug-likeness (QED) is 0.818. The van der Waals surface area contributed by atoms with Crippen LogP contribution < -0.4 is 4.90 Å². The van der Waals surface area contributed by atoms with Gasteiger partial charge in [0.2, 0.25) is 0 Å². The average Bonchev–Trinajstić information content (AvgIpc) is 2.74. The first-order valence-corrected chi connectivity index (χ1v) is 6.76. The van der Waals surface area contributed by atoms with E-state index in [9.17, 15) is 4.79 Å². The highest BCUT2D eigenvalue weighted by atomic mass is 16.2. The van der Waals surface area contributed by atoms with Gasteiger partial charge in [-0.1, -0.05) is 37.3 Å². The second kappa shape index (κ2) is 4.93. The summed E-state index contributed by atoms with van der Waals surface area (Å²) >= 11 is 0. The van der Waals surface area contributed by atoms with Gasteiger partial charge < -0.3 is 4.90 Å². The van der Waals surface area contributed by atoms with Gasteiger partial charge in [-0.25, -0.2) is 4.99 Å². The van der Waals surface area contributed by atoms with Crippen molar-refractivity contribution < 1.29 is 4.79 Å². The summed E-state index contributed by atoms with van der Waals surface area (Å²) in [5.74, 6) is -0.0502. The summed E-state index contributed by atoms with van der Waals surface area (Å²) < 4.78 is 0. The molecule has 0 saturated heterocycles. The van der Waals surface area contributed by atoms with Gasteiger partial charge in [-0.15, -0.1) is 0 Å². The number of carbonyl (C=O) groups excluding carboxylic acids is 1. The molecule has 0 saturated carbocycles. The smallest absolute Gasteiger partial charge is 0.277 e. The molecule has 0 unspecified atom stereocenters. The third-order valence-electron chi connectivity index (χ3n) is 3.61. The van der Waals surface area contributed by atoms with E-state index in [4.69, 9.17) is 0 Å². The number of fused-ring (bicyclic) bond motifs is 1. The molecule has 0 fully saturated rings.